The summed E-state index contributed by atoms with van der Waals surface area (Å²) in [6.07, 6.45) is 0.837. The minimum absolute atomic E-state index is 0.00940. The molecule has 5 nitrogen and oxygen atoms in total. The van der Waals surface area contributed by atoms with Crippen molar-refractivity contribution in [1.82, 2.24) is 15.3 Å². The van der Waals surface area contributed by atoms with Crippen molar-refractivity contribution < 1.29 is 9.53 Å². The van der Waals surface area contributed by atoms with Crippen LogP contribution in [-0.2, 0) is 13.0 Å². The Morgan fingerprint density at radius 2 is 2.10 bits per heavy atom. The van der Waals surface area contributed by atoms with Crippen LogP contribution in [0.1, 0.15) is 33.1 Å². The molecule has 0 aliphatic carbocycles. The van der Waals surface area contributed by atoms with Gasteiger partial charge in [0.15, 0.2) is 0 Å². The normalized spacial score (nSPS) is 13.5. The number of aromatic nitrogens is 2. The van der Waals surface area contributed by atoms with E-state index in [-0.39, 0.29) is 5.91 Å². The van der Waals surface area contributed by atoms with Crippen molar-refractivity contribution in [3.63, 3.8) is 0 Å². The van der Waals surface area contributed by atoms with Crippen molar-refractivity contribution in [2.24, 2.45) is 0 Å². The minimum atomic E-state index is -0.00940. The first kappa shape index (κ1) is 13.5. The van der Waals surface area contributed by atoms with Gasteiger partial charge in [-0.1, -0.05) is 0 Å². The number of nitrogens with one attached hydrogen (secondary N) is 1. The average molecular weight is 283 g/mol. The number of aryl methyl sites for hydroxylation is 2. The van der Waals surface area contributed by atoms with E-state index in [0.717, 1.165) is 40.5 Å². The predicted molar refractivity (Wildman–Crippen MR) is 78.3 cm³/mol. The number of nitrogens with zero attached hydrogens (tertiary/aromatic N) is 2. The summed E-state index contributed by atoms with van der Waals surface area (Å²) in [5.74, 6) is 1.50. The number of rotatable bonds is 3. The summed E-state index contributed by atoms with van der Waals surface area (Å²) in [4.78, 5) is 20.3. The molecule has 0 unspecified atom stereocenters. The van der Waals surface area contributed by atoms with Crippen molar-refractivity contribution >= 4 is 5.91 Å². The number of ether oxygens (including phenoxy) is 1. The minimum Gasteiger partial charge on any atom is -0.487 e. The largest absolute Gasteiger partial charge is 0.487 e. The summed E-state index contributed by atoms with van der Waals surface area (Å²) in [7, 11) is 0. The second kappa shape index (κ2) is 5.52. The number of fused-ring (bicyclic) bond motifs is 1. The van der Waals surface area contributed by atoms with Crippen molar-refractivity contribution in [3.8, 4) is 5.75 Å². The standard InChI is InChI=1S/C16H17N3O2/c1-10-7-13(19-11(2)18-10)9-21-14-3-4-15-12(8-14)5-6-17-16(15)20/h3-4,7-8H,5-6,9H2,1-2H3,(H,17,20). The van der Waals surface area contributed by atoms with Crippen LogP contribution >= 0.6 is 0 Å². The summed E-state index contributed by atoms with van der Waals surface area (Å²) in [6, 6.07) is 7.49. The third-order valence-corrected chi connectivity index (χ3v) is 3.41. The molecule has 1 aromatic heterocycles. The molecule has 1 aromatic carbocycles. The molecule has 1 aliphatic heterocycles. The Morgan fingerprint density at radius 1 is 1.24 bits per heavy atom. The van der Waals surface area contributed by atoms with Crippen LogP contribution in [0.3, 0.4) is 0 Å². The van der Waals surface area contributed by atoms with Crippen molar-refractivity contribution in [1.29, 1.82) is 0 Å². The van der Waals surface area contributed by atoms with Gasteiger partial charge in [-0.15, -0.1) is 0 Å². The highest BCUT2D eigenvalue weighted by Crippen LogP contribution is 2.21. The summed E-state index contributed by atoms with van der Waals surface area (Å²) >= 11 is 0. The van der Waals surface area contributed by atoms with Gasteiger partial charge in [-0.2, -0.15) is 0 Å². The van der Waals surface area contributed by atoms with Crippen molar-refractivity contribution in [2.75, 3.05) is 6.54 Å². The molecule has 0 fully saturated rings. The number of hydrogen-bond donors (Lipinski definition) is 1. The molecule has 108 valence electrons. The third-order valence-electron chi connectivity index (χ3n) is 3.41. The molecule has 1 aliphatic rings. The van der Waals surface area contributed by atoms with Crippen LogP contribution in [-0.4, -0.2) is 22.4 Å². The summed E-state index contributed by atoms with van der Waals surface area (Å²) < 4.78 is 5.78. The summed E-state index contributed by atoms with van der Waals surface area (Å²) in [5.41, 5.74) is 3.56. The number of benzene rings is 1. The molecule has 0 saturated heterocycles. The lowest BCUT2D eigenvalue weighted by Crippen LogP contribution is -2.31. The molecule has 5 heteroatoms. The second-order valence-electron chi connectivity index (χ2n) is 5.16. The van der Waals surface area contributed by atoms with Gasteiger partial charge in [0.1, 0.15) is 18.2 Å². The topological polar surface area (TPSA) is 64.1 Å². The van der Waals surface area contributed by atoms with Crippen LogP contribution in [0, 0.1) is 13.8 Å². The number of amides is 1. The SMILES string of the molecule is Cc1cc(COc2ccc3c(c2)CCNC3=O)nc(C)n1. The van der Waals surface area contributed by atoms with E-state index in [2.05, 4.69) is 15.3 Å². The van der Waals surface area contributed by atoms with E-state index < -0.39 is 0 Å². The molecule has 1 amide bonds. The van der Waals surface area contributed by atoms with Gasteiger partial charge in [0.25, 0.3) is 5.91 Å². The zero-order valence-electron chi connectivity index (χ0n) is 12.1. The highest BCUT2D eigenvalue weighted by atomic mass is 16.5. The molecule has 2 aromatic rings. The third kappa shape index (κ3) is 3.02. The smallest absolute Gasteiger partial charge is 0.251 e. The van der Waals surface area contributed by atoms with Crippen LogP contribution in [0.15, 0.2) is 24.3 Å². The summed E-state index contributed by atoms with van der Waals surface area (Å²) in [5, 5.41) is 2.83. The first-order valence-electron chi connectivity index (χ1n) is 6.97. The Labute approximate surface area is 123 Å². The van der Waals surface area contributed by atoms with E-state index in [1.165, 1.54) is 0 Å². The zero-order valence-corrected chi connectivity index (χ0v) is 12.1. The maximum absolute atomic E-state index is 11.7. The van der Waals surface area contributed by atoms with Crippen molar-refractivity contribution in [3.05, 3.63) is 52.6 Å². The Bertz CT molecular complexity index is 678. The molecule has 2 heterocycles. The van der Waals surface area contributed by atoms with Crippen LogP contribution in [0.2, 0.25) is 0 Å². The van der Waals surface area contributed by atoms with Gasteiger partial charge in [0, 0.05) is 17.8 Å². The molecule has 0 spiro atoms. The first-order valence-corrected chi connectivity index (χ1v) is 6.97. The Kier molecular flexibility index (Phi) is 3.56. The average Bonchev–Trinajstić information content (AvgIpc) is 2.44. The zero-order chi connectivity index (χ0) is 14.8. The maximum Gasteiger partial charge on any atom is 0.251 e. The number of hydrogen-bond acceptors (Lipinski definition) is 4. The van der Waals surface area contributed by atoms with Gasteiger partial charge < -0.3 is 10.1 Å². The molecular formula is C16H17N3O2. The van der Waals surface area contributed by atoms with Gasteiger partial charge in [-0.05, 0) is 50.1 Å². The van der Waals surface area contributed by atoms with E-state index in [1.807, 2.05) is 38.1 Å². The fourth-order valence-electron chi connectivity index (χ4n) is 2.52. The Hall–Kier alpha value is -2.43. The first-order chi connectivity index (χ1) is 10.1. The number of carbonyl (C=O) groups is 1. The van der Waals surface area contributed by atoms with Crippen LogP contribution in [0.5, 0.6) is 5.75 Å². The lowest BCUT2D eigenvalue weighted by Gasteiger charge is -2.17. The number of carbonyl (C=O) groups excluding carboxylic acids is 1. The van der Waals surface area contributed by atoms with E-state index in [1.54, 1.807) is 0 Å². The van der Waals surface area contributed by atoms with Gasteiger partial charge >= 0.3 is 0 Å². The van der Waals surface area contributed by atoms with Crippen LogP contribution < -0.4 is 10.1 Å². The second-order valence-corrected chi connectivity index (χ2v) is 5.16. The lowest BCUT2D eigenvalue weighted by molar-refractivity contribution is 0.0946. The van der Waals surface area contributed by atoms with E-state index >= 15 is 0 Å². The summed E-state index contributed by atoms with van der Waals surface area (Å²) in [6.45, 7) is 4.89. The molecule has 0 radical (unpaired) electrons. The maximum atomic E-state index is 11.7. The van der Waals surface area contributed by atoms with Gasteiger partial charge in [0.05, 0.1) is 5.69 Å². The van der Waals surface area contributed by atoms with E-state index in [0.29, 0.717) is 13.2 Å². The van der Waals surface area contributed by atoms with Crippen LogP contribution in [0.25, 0.3) is 0 Å². The highest BCUT2D eigenvalue weighted by Gasteiger charge is 2.16. The molecule has 0 atom stereocenters. The van der Waals surface area contributed by atoms with Gasteiger partial charge in [-0.25, -0.2) is 9.97 Å². The van der Waals surface area contributed by atoms with Gasteiger partial charge in [-0.3, -0.25) is 4.79 Å². The van der Waals surface area contributed by atoms with E-state index in [4.69, 9.17) is 4.74 Å². The Morgan fingerprint density at radius 3 is 2.90 bits per heavy atom. The fourth-order valence-corrected chi connectivity index (χ4v) is 2.52. The van der Waals surface area contributed by atoms with Gasteiger partial charge in [0.2, 0.25) is 0 Å². The van der Waals surface area contributed by atoms with Crippen LogP contribution in [0.4, 0.5) is 0 Å². The predicted octanol–water partition coefficient (Wildman–Crippen LogP) is 1.96. The molecule has 1 N–H and O–H groups in total. The molecular weight excluding hydrogens is 266 g/mol. The quantitative estimate of drug-likeness (QED) is 0.935. The van der Waals surface area contributed by atoms with Crippen molar-refractivity contribution in [2.45, 2.75) is 26.9 Å². The fraction of sp³-hybridized carbons (Fsp3) is 0.312. The monoisotopic (exact) mass is 283 g/mol. The highest BCUT2D eigenvalue weighted by molar-refractivity contribution is 5.96. The molecule has 0 bridgehead atoms. The molecule has 3 rings (SSSR count). The Balaban J connectivity index is 1.75. The lowest BCUT2D eigenvalue weighted by atomic mass is 10.0. The molecule has 0 saturated carbocycles. The molecule has 21 heavy (non-hydrogen) atoms. The van der Waals surface area contributed by atoms with E-state index in [9.17, 15) is 4.79 Å².